The minimum Gasteiger partial charge on any atom is -0.376 e. The van der Waals surface area contributed by atoms with Crippen molar-refractivity contribution in [3.05, 3.63) is 47.3 Å². The van der Waals surface area contributed by atoms with Gasteiger partial charge in [-0.15, -0.1) is 0 Å². The van der Waals surface area contributed by atoms with Crippen molar-refractivity contribution >= 4 is 23.4 Å². The van der Waals surface area contributed by atoms with Gasteiger partial charge in [0.05, 0.1) is 6.04 Å². The van der Waals surface area contributed by atoms with Crippen molar-refractivity contribution < 1.29 is 32.7 Å². The number of halogens is 3. The molecule has 0 radical (unpaired) electrons. The number of anilines is 1. The molecule has 3 aliphatic carbocycles. The fourth-order valence-electron chi connectivity index (χ4n) is 5.81. The summed E-state index contributed by atoms with van der Waals surface area (Å²) in [6.45, 7) is 3.85. The van der Waals surface area contributed by atoms with Crippen LogP contribution >= 0.6 is 0 Å². The van der Waals surface area contributed by atoms with Crippen LogP contribution < -0.4 is 16.0 Å². The molecule has 1 aromatic heterocycles. The van der Waals surface area contributed by atoms with Gasteiger partial charge in [-0.3, -0.25) is 19.1 Å². The first-order valence-corrected chi connectivity index (χ1v) is 13.8. The number of carbonyl (C=O) groups excluding carboxylic acids is 3. The molecule has 40 heavy (non-hydrogen) atoms. The van der Waals surface area contributed by atoms with Crippen LogP contribution in [-0.2, 0) is 16.0 Å². The number of aliphatic hydroxyl groups is 1. The van der Waals surface area contributed by atoms with E-state index in [0.29, 0.717) is 41.6 Å². The molecular formula is C28H34F3N5O4. The normalized spacial score (nSPS) is 20.2. The largest absolute Gasteiger partial charge is 0.423 e. The van der Waals surface area contributed by atoms with Crippen LogP contribution in [0.2, 0.25) is 0 Å². The lowest BCUT2D eigenvalue weighted by Crippen LogP contribution is -2.50. The fraction of sp³-hybridized carbons (Fsp3) is 0.571. The molecule has 3 atom stereocenters. The Morgan fingerprint density at radius 3 is 2.30 bits per heavy atom. The van der Waals surface area contributed by atoms with E-state index in [-0.39, 0.29) is 23.8 Å². The van der Waals surface area contributed by atoms with E-state index >= 15 is 0 Å². The van der Waals surface area contributed by atoms with Crippen LogP contribution in [0.25, 0.3) is 0 Å². The van der Waals surface area contributed by atoms with Crippen molar-refractivity contribution in [1.29, 1.82) is 0 Å². The van der Waals surface area contributed by atoms with Gasteiger partial charge in [-0.25, -0.2) is 0 Å². The lowest BCUT2D eigenvalue weighted by Gasteiger charge is -2.28. The lowest BCUT2D eigenvalue weighted by molar-refractivity contribution is -0.205. The average Bonchev–Trinajstić information content (AvgIpc) is 3.82. The highest BCUT2D eigenvalue weighted by atomic mass is 19.4. The Bertz CT molecular complexity index is 1270. The van der Waals surface area contributed by atoms with E-state index in [4.69, 9.17) is 0 Å². The topological polar surface area (TPSA) is 125 Å². The molecule has 1 heterocycles. The van der Waals surface area contributed by atoms with Gasteiger partial charge in [0.2, 0.25) is 12.0 Å². The van der Waals surface area contributed by atoms with Gasteiger partial charge in [-0.2, -0.15) is 18.3 Å². The van der Waals surface area contributed by atoms with Crippen LogP contribution in [0, 0.1) is 17.8 Å². The Balaban J connectivity index is 1.31. The zero-order valence-corrected chi connectivity index (χ0v) is 22.4. The molecule has 0 aliphatic heterocycles. The monoisotopic (exact) mass is 561 g/mol. The zero-order valence-electron chi connectivity index (χ0n) is 22.4. The quantitative estimate of drug-likeness (QED) is 0.352. The molecule has 3 amide bonds. The minimum atomic E-state index is -5.04. The molecule has 0 saturated heterocycles. The number of fused-ring (bicyclic) bond motifs is 1. The molecule has 216 valence electrons. The van der Waals surface area contributed by atoms with Crippen LogP contribution in [0.3, 0.4) is 0 Å². The number of hydrogen-bond donors (Lipinski definition) is 4. The average molecular weight is 562 g/mol. The van der Waals surface area contributed by atoms with Gasteiger partial charge in [0.15, 0.2) is 0 Å². The SMILES string of the molecule is CC(C)n1nccc1C(=O)N[C@H](C(=O)Nc1ccc2c(c1)CC[C@H]2NC(=O)[C@H](O)C(F)(F)F)C(C1CC1)C1CC1. The van der Waals surface area contributed by atoms with Crippen LogP contribution in [-0.4, -0.2) is 50.9 Å². The van der Waals surface area contributed by atoms with Gasteiger partial charge in [0, 0.05) is 17.9 Å². The van der Waals surface area contributed by atoms with E-state index < -0.39 is 30.3 Å². The maximum Gasteiger partial charge on any atom is 0.423 e. The highest BCUT2D eigenvalue weighted by molar-refractivity contribution is 6.01. The smallest absolute Gasteiger partial charge is 0.376 e. The number of nitrogens with one attached hydrogen (secondary N) is 3. The standard InChI is InChI=1S/C28H34F3N5O4/c1-14(2)36-21(11-12-32-36)25(38)35-23(22(15-3-4-15)16-5-6-16)26(39)33-18-8-9-19-17(13-18)7-10-20(19)34-27(40)24(37)28(29,30)31/h8-9,11-16,20,22-24,37H,3-7,10H2,1-2H3,(H,33,39)(H,34,40)(H,35,38)/t20-,23+,24+/m1/s1. The number of aromatic nitrogens is 2. The molecule has 0 spiro atoms. The Morgan fingerprint density at radius 2 is 1.70 bits per heavy atom. The predicted molar refractivity (Wildman–Crippen MR) is 139 cm³/mol. The summed E-state index contributed by atoms with van der Waals surface area (Å²) >= 11 is 0. The van der Waals surface area contributed by atoms with E-state index in [2.05, 4.69) is 21.0 Å². The molecule has 9 nitrogen and oxygen atoms in total. The maximum absolute atomic E-state index is 13.7. The number of benzene rings is 1. The number of nitrogens with zero attached hydrogens (tertiary/aromatic N) is 2. The first-order valence-electron chi connectivity index (χ1n) is 13.8. The highest BCUT2D eigenvalue weighted by Gasteiger charge is 2.48. The third kappa shape index (κ3) is 6.01. The number of hydrogen-bond acceptors (Lipinski definition) is 5. The second-order valence-electron chi connectivity index (χ2n) is 11.4. The van der Waals surface area contributed by atoms with E-state index in [9.17, 15) is 32.7 Å². The zero-order chi connectivity index (χ0) is 28.8. The van der Waals surface area contributed by atoms with Gasteiger partial charge < -0.3 is 21.1 Å². The minimum absolute atomic E-state index is 0.0255. The molecule has 4 N–H and O–H groups in total. The molecule has 2 saturated carbocycles. The number of alkyl halides is 3. The van der Waals surface area contributed by atoms with E-state index in [0.717, 1.165) is 31.2 Å². The summed E-state index contributed by atoms with van der Waals surface area (Å²) in [6, 6.07) is 5.26. The molecule has 2 fully saturated rings. The van der Waals surface area contributed by atoms with E-state index in [1.54, 1.807) is 35.1 Å². The van der Waals surface area contributed by atoms with Crippen LogP contribution in [0.1, 0.15) is 79.7 Å². The number of aliphatic hydroxyl groups excluding tert-OH is 1. The fourth-order valence-corrected chi connectivity index (χ4v) is 5.81. The third-order valence-corrected chi connectivity index (χ3v) is 8.04. The Labute approximate surface area is 229 Å². The first kappa shape index (κ1) is 28.1. The second kappa shape index (κ2) is 10.9. The van der Waals surface area contributed by atoms with Crippen LogP contribution in [0.4, 0.5) is 18.9 Å². The summed E-state index contributed by atoms with van der Waals surface area (Å²) < 4.78 is 39.7. The Morgan fingerprint density at radius 1 is 1.02 bits per heavy atom. The van der Waals surface area contributed by atoms with Crippen LogP contribution in [0.5, 0.6) is 0 Å². The highest BCUT2D eigenvalue weighted by Crippen LogP contribution is 2.51. The summed E-state index contributed by atoms with van der Waals surface area (Å²) in [4.78, 5) is 38.9. The van der Waals surface area contributed by atoms with E-state index in [1.807, 2.05) is 13.8 Å². The second-order valence-corrected chi connectivity index (χ2v) is 11.4. The number of aryl methyl sites for hydroxylation is 1. The van der Waals surface area contributed by atoms with Crippen molar-refractivity contribution in [1.82, 2.24) is 20.4 Å². The van der Waals surface area contributed by atoms with Crippen molar-refractivity contribution in [3.8, 4) is 0 Å². The molecule has 0 bridgehead atoms. The summed E-state index contributed by atoms with van der Waals surface area (Å²) in [5, 5.41) is 21.7. The van der Waals surface area contributed by atoms with Crippen LogP contribution in [0.15, 0.2) is 30.5 Å². The summed E-state index contributed by atoms with van der Waals surface area (Å²) in [7, 11) is 0. The van der Waals surface area contributed by atoms with Crippen molar-refractivity contribution in [2.24, 2.45) is 17.8 Å². The van der Waals surface area contributed by atoms with Gasteiger partial charge in [0.1, 0.15) is 11.7 Å². The van der Waals surface area contributed by atoms with Crippen molar-refractivity contribution in [3.63, 3.8) is 0 Å². The number of carbonyl (C=O) groups is 3. The molecule has 1 aromatic carbocycles. The predicted octanol–water partition coefficient (Wildman–Crippen LogP) is 3.66. The summed E-state index contributed by atoms with van der Waals surface area (Å²) in [5.41, 5.74) is 2.32. The summed E-state index contributed by atoms with van der Waals surface area (Å²) in [6.07, 6.45) is -1.60. The van der Waals surface area contributed by atoms with Crippen molar-refractivity contribution in [2.75, 3.05) is 5.32 Å². The van der Waals surface area contributed by atoms with Crippen molar-refractivity contribution in [2.45, 2.75) is 82.8 Å². The lowest BCUT2D eigenvalue weighted by atomic mass is 9.88. The molecular weight excluding hydrogens is 527 g/mol. The van der Waals surface area contributed by atoms with Gasteiger partial charge in [0.25, 0.3) is 11.8 Å². The summed E-state index contributed by atoms with van der Waals surface area (Å²) in [5.74, 6) is -1.36. The molecule has 2 aromatic rings. The Kier molecular flexibility index (Phi) is 7.64. The van der Waals surface area contributed by atoms with Gasteiger partial charge >= 0.3 is 6.18 Å². The molecule has 3 aliphatic rings. The van der Waals surface area contributed by atoms with E-state index in [1.165, 1.54) is 0 Å². The third-order valence-electron chi connectivity index (χ3n) is 8.04. The van der Waals surface area contributed by atoms with Gasteiger partial charge in [-0.1, -0.05) is 6.07 Å². The van der Waals surface area contributed by atoms with Gasteiger partial charge in [-0.05, 0) is 99.5 Å². The molecule has 0 unspecified atom stereocenters. The molecule has 12 heteroatoms. The number of amides is 3. The number of rotatable bonds is 10. The maximum atomic E-state index is 13.7. The Hall–Kier alpha value is -3.41. The first-order chi connectivity index (χ1) is 18.9. The molecule has 5 rings (SSSR count).